The number of nitrogens with zero attached hydrogens (tertiary/aromatic N) is 6. The first-order valence-corrected chi connectivity index (χ1v) is 21.1. The van der Waals surface area contributed by atoms with Gasteiger partial charge in [0.1, 0.15) is 23.9 Å². The van der Waals surface area contributed by atoms with Crippen LogP contribution in [-0.2, 0) is 35.9 Å². The maximum atomic E-state index is 13.6. The van der Waals surface area contributed by atoms with E-state index in [1.165, 1.54) is 9.80 Å². The number of anilines is 3. The highest BCUT2D eigenvalue weighted by Gasteiger charge is 2.46. The van der Waals surface area contributed by atoms with Crippen molar-refractivity contribution in [2.45, 2.75) is 83.8 Å². The minimum atomic E-state index is -1.04. The molecule has 64 heavy (non-hydrogen) atoms. The fourth-order valence-corrected chi connectivity index (χ4v) is 7.73. The van der Waals surface area contributed by atoms with Crippen molar-refractivity contribution < 1.29 is 47.6 Å². The highest BCUT2D eigenvalue weighted by molar-refractivity contribution is 6.07. The Bertz CT molecular complexity index is 2600. The molecular weight excluding hydrogens is 827 g/mol. The van der Waals surface area contributed by atoms with Crippen LogP contribution in [0.5, 0.6) is 5.75 Å². The minimum Gasteiger partial charge on any atom is -0.494 e. The average Bonchev–Trinajstić information content (AvgIpc) is 4.00. The van der Waals surface area contributed by atoms with Crippen LogP contribution in [0.1, 0.15) is 81.5 Å². The maximum absolute atomic E-state index is 13.6. The van der Waals surface area contributed by atoms with E-state index in [4.69, 9.17) is 18.8 Å². The highest BCUT2D eigenvalue weighted by atomic mass is 16.7. The number of unbranched alkanes of at least 4 members (excludes halogenated alkanes) is 1. The lowest BCUT2D eigenvalue weighted by atomic mass is 9.93. The van der Waals surface area contributed by atoms with Gasteiger partial charge in [-0.2, -0.15) is 0 Å². The van der Waals surface area contributed by atoms with Crippen LogP contribution in [0.2, 0.25) is 0 Å². The molecule has 0 saturated carbocycles. The van der Waals surface area contributed by atoms with Gasteiger partial charge in [0.15, 0.2) is 5.82 Å². The van der Waals surface area contributed by atoms with Crippen LogP contribution in [-0.4, -0.2) is 104 Å². The Balaban J connectivity index is 0.790. The number of hydroxylamine groups is 2. The maximum Gasteiger partial charge on any atom is 0.435 e. The molecule has 3 aromatic carbocycles. The monoisotopic (exact) mass is 875 g/mol. The van der Waals surface area contributed by atoms with E-state index < -0.39 is 35.9 Å². The molecule has 8 rings (SSSR count). The van der Waals surface area contributed by atoms with E-state index in [-0.39, 0.29) is 49.7 Å². The second-order valence-corrected chi connectivity index (χ2v) is 16.9. The highest BCUT2D eigenvalue weighted by Crippen LogP contribution is 2.34. The Hall–Kier alpha value is -7.28. The number of benzene rings is 3. The molecule has 0 radical (unpaired) electrons. The predicted octanol–water partition coefficient (Wildman–Crippen LogP) is 6.39. The van der Waals surface area contributed by atoms with Gasteiger partial charge in [0, 0.05) is 71.7 Å². The summed E-state index contributed by atoms with van der Waals surface area (Å²) in [5.74, 6) is -0.495. The van der Waals surface area contributed by atoms with Gasteiger partial charge in [0.05, 0.1) is 36.9 Å². The van der Waals surface area contributed by atoms with E-state index in [2.05, 4.69) is 26.1 Å². The molecule has 3 aliphatic heterocycles. The smallest absolute Gasteiger partial charge is 0.435 e. The Morgan fingerprint density at radius 2 is 1.77 bits per heavy atom. The van der Waals surface area contributed by atoms with Crippen LogP contribution in [0, 0.1) is 0 Å². The molecule has 19 heteroatoms. The molecular formula is C45H49N9O10. The molecule has 3 N–H and O–H groups in total. The Morgan fingerprint density at radius 1 is 0.953 bits per heavy atom. The van der Waals surface area contributed by atoms with Gasteiger partial charge in [-0.25, -0.2) is 14.6 Å². The van der Waals surface area contributed by atoms with Gasteiger partial charge in [-0.1, -0.05) is 37.1 Å². The van der Waals surface area contributed by atoms with E-state index in [0.29, 0.717) is 77.6 Å². The number of hydrogen-bond donors (Lipinski definition) is 3. The summed E-state index contributed by atoms with van der Waals surface area (Å²) in [4.78, 5) is 90.9. The van der Waals surface area contributed by atoms with Crippen LogP contribution in [0.25, 0.3) is 16.7 Å². The van der Waals surface area contributed by atoms with Gasteiger partial charge in [-0.05, 0) is 74.7 Å². The lowest BCUT2D eigenvalue weighted by Crippen LogP contribution is -2.57. The molecule has 7 amide bonds. The number of fused-ring (bicyclic) bond motifs is 2. The fourth-order valence-electron chi connectivity index (χ4n) is 7.73. The van der Waals surface area contributed by atoms with Crippen LogP contribution in [0.15, 0.2) is 77.6 Å². The molecule has 2 aromatic heterocycles. The zero-order valence-corrected chi connectivity index (χ0v) is 35.9. The minimum absolute atomic E-state index is 0.0305. The van der Waals surface area contributed by atoms with Crippen molar-refractivity contribution in [1.82, 2.24) is 29.6 Å². The number of ether oxygens (including phenoxy) is 2. The predicted molar refractivity (Wildman–Crippen MR) is 232 cm³/mol. The van der Waals surface area contributed by atoms with Gasteiger partial charge >= 0.3 is 12.1 Å². The van der Waals surface area contributed by atoms with Gasteiger partial charge in [0.2, 0.25) is 5.91 Å². The molecule has 5 heterocycles. The Morgan fingerprint density at radius 3 is 2.53 bits per heavy atom. The third-order valence-corrected chi connectivity index (χ3v) is 11.2. The fraction of sp³-hybridized carbons (Fsp3) is 0.378. The number of morpholine rings is 1. The number of piperidine rings is 1. The molecule has 2 saturated heterocycles. The molecule has 19 nitrogen and oxygen atoms in total. The summed E-state index contributed by atoms with van der Waals surface area (Å²) in [7, 11) is 0. The average molecular weight is 876 g/mol. The summed E-state index contributed by atoms with van der Waals surface area (Å²) in [6, 6.07) is 17.9. The number of rotatable bonds is 12. The van der Waals surface area contributed by atoms with E-state index in [1.54, 1.807) is 49.6 Å². The summed E-state index contributed by atoms with van der Waals surface area (Å²) in [5, 5.41) is 12.8. The Kier molecular flexibility index (Phi) is 12.3. The van der Waals surface area contributed by atoms with Crippen LogP contribution in [0.3, 0.4) is 0 Å². The number of imidazole rings is 1. The Labute approximate surface area is 367 Å². The molecule has 2 unspecified atom stereocenters. The van der Waals surface area contributed by atoms with Gasteiger partial charge < -0.3 is 34.4 Å². The lowest BCUT2D eigenvalue weighted by molar-refractivity contribution is -0.190. The quantitative estimate of drug-likeness (QED) is 0.0918. The second kappa shape index (κ2) is 18.2. The van der Waals surface area contributed by atoms with E-state index in [0.717, 1.165) is 16.7 Å². The first-order chi connectivity index (χ1) is 30.7. The molecule has 0 bridgehead atoms. The number of urea groups is 1. The van der Waals surface area contributed by atoms with Crippen LogP contribution >= 0.6 is 0 Å². The van der Waals surface area contributed by atoms with E-state index in [1.807, 2.05) is 55.7 Å². The lowest BCUT2D eigenvalue weighted by Gasteiger charge is -2.36. The molecule has 334 valence electrons. The summed E-state index contributed by atoms with van der Waals surface area (Å²) < 4.78 is 18.6. The number of carbonyl (C=O) groups is 6. The topological polar surface area (TPSA) is 220 Å². The third-order valence-electron chi connectivity index (χ3n) is 11.2. The summed E-state index contributed by atoms with van der Waals surface area (Å²) in [6.45, 7) is 9.01. The van der Waals surface area contributed by atoms with Gasteiger partial charge in [-0.3, -0.25) is 34.0 Å². The largest absolute Gasteiger partial charge is 0.494 e. The molecule has 3 aliphatic rings. The van der Waals surface area contributed by atoms with E-state index in [9.17, 15) is 28.8 Å². The van der Waals surface area contributed by atoms with Crippen molar-refractivity contribution in [2.75, 3.05) is 42.3 Å². The van der Waals surface area contributed by atoms with Crippen molar-refractivity contribution in [2.24, 2.45) is 0 Å². The summed E-state index contributed by atoms with van der Waals surface area (Å²) in [5.41, 5.74) is 4.16. The van der Waals surface area contributed by atoms with Crippen molar-refractivity contribution in [1.29, 1.82) is 0 Å². The molecule has 0 aliphatic carbocycles. The SMILES string of the molecule is CC1COCCN1C(=O)ON1C(=O)CCC(N2Cc3c(NC(=O)CCCCOc4ccc5c(c4)ncn5-c4ccc(NC(=O)Nc5cc(C(C)(C)C)on5)cc4)cccc3C2=O)C1=O. The van der Waals surface area contributed by atoms with Crippen molar-refractivity contribution in [3.8, 4) is 11.4 Å². The molecule has 2 fully saturated rings. The van der Waals surface area contributed by atoms with E-state index >= 15 is 0 Å². The number of aromatic nitrogens is 3. The number of carbonyl (C=O) groups excluding carboxylic acids is 6. The van der Waals surface area contributed by atoms with Crippen LogP contribution < -0.4 is 20.7 Å². The van der Waals surface area contributed by atoms with Gasteiger partial charge in [-0.15, -0.1) is 0 Å². The van der Waals surface area contributed by atoms with Crippen molar-refractivity contribution in [3.63, 3.8) is 0 Å². The standard InChI is InChI=1S/C45H49N9O10/c1-27-25-61-21-19-51(27)44(60)64-54-40(56)18-17-36(42(54)58)52-24-32-31(41(52)57)8-7-9-33(32)48-39(55)10-5-6-20-62-30-15-16-35-34(22-30)46-26-53(35)29-13-11-28(12-14-29)47-43(59)49-38-23-37(63-50-38)45(2,3)4/h7-9,11-16,22-23,26-27,36H,5-6,10,17-21,24-25H2,1-4H3,(H,48,55)(H2,47,49,50,59). The van der Waals surface area contributed by atoms with Crippen LogP contribution in [0.4, 0.5) is 26.8 Å². The second-order valence-electron chi connectivity index (χ2n) is 16.9. The van der Waals surface area contributed by atoms with Crippen molar-refractivity contribution >= 4 is 64.0 Å². The van der Waals surface area contributed by atoms with Gasteiger partial charge in [0.25, 0.3) is 17.7 Å². The summed E-state index contributed by atoms with van der Waals surface area (Å²) >= 11 is 0. The first kappa shape index (κ1) is 43.4. The number of amides is 7. The first-order valence-electron chi connectivity index (χ1n) is 21.1. The molecule has 2 atom stereocenters. The zero-order valence-electron chi connectivity index (χ0n) is 35.9. The molecule has 0 spiro atoms. The number of hydrogen-bond acceptors (Lipinski definition) is 12. The van der Waals surface area contributed by atoms with Crippen molar-refractivity contribution in [3.05, 3.63) is 89.9 Å². The number of imide groups is 1. The summed E-state index contributed by atoms with van der Waals surface area (Å²) in [6.07, 6.45) is 2.20. The number of nitrogens with one attached hydrogen (secondary N) is 3. The normalized spacial score (nSPS) is 17.7. The zero-order chi connectivity index (χ0) is 45.1. The third kappa shape index (κ3) is 9.38. The molecule has 5 aromatic rings.